The summed E-state index contributed by atoms with van der Waals surface area (Å²) in [5.41, 5.74) is -1.68. The van der Waals surface area contributed by atoms with Gasteiger partial charge in [-0.2, -0.15) is 0 Å². The molecule has 11 heteroatoms. The summed E-state index contributed by atoms with van der Waals surface area (Å²) in [5, 5.41) is 17.9. The van der Waals surface area contributed by atoms with Gasteiger partial charge in [0.15, 0.2) is 0 Å². The van der Waals surface area contributed by atoms with Crippen LogP contribution in [0.2, 0.25) is 0 Å². The van der Waals surface area contributed by atoms with Gasteiger partial charge < -0.3 is 5.11 Å². The van der Waals surface area contributed by atoms with Gasteiger partial charge >= 0.3 is 5.69 Å². The average molecular weight is 478 g/mol. The summed E-state index contributed by atoms with van der Waals surface area (Å²) >= 11 is 3.31. The van der Waals surface area contributed by atoms with E-state index >= 15 is 0 Å². The Kier molecular flexibility index (Phi) is 5.75. The van der Waals surface area contributed by atoms with Gasteiger partial charge in [-0.15, -0.1) is 10.2 Å². The van der Waals surface area contributed by atoms with E-state index in [9.17, 15) is 24.3 Å². The van der Waals surface area contributed by atoms with Crippen molar-refractivity contribution < 1.29 is 14.7 Å². The zero-order chi connectivity index (χ0) is 22.3. The first-order valence-corrected chi connectivity index (χ1v) is 10.1. The largest absolute Gasteiger partial charge is 0.493 e. The number of fused-ring (bicyclic) bond motifs is 1. The van der Waals surface area contributed by atoms with Crippen LogP contribution < -0.4 is 11.2 Å². The first-order valence-electron chi connectivity index (χ1n) is 9.26. The van der Waals surface area contributed by atoms with Crippen LogP contribution >= 0.6 is 15.9 Å². The normalized spacial score (nSPS) is 13.7. The highest BCUT2D eigenvalue weighted by Gasteiger charge is 2.42. The number of carbonyl (C=O) groups is 2. The number of hydrogen-bond acceptors (Lipinski definition) is 7. The molecule has 2 heterocycles. The van der Waals surface area contributed by atoms with E-state index in [4.69, 9.17) is 0 Å². The van der Waals surface area contributed by atoms with Crippen LogP contribution in [0.15, 0.2) is 36.4 Å². The first kappa shape index (κ1) is 21.6. The van der Waals surface area contributed by atoms with Gasteiger partial charge in [-0.25, -0.2) is 4.79 Å². The minimum absolute atomic E-state index is 0.0751. The highest BCUT2D eigenvalue weighted by Crippen LogP contribution is 2.38. The molecule has 0 bridgehead atoms. The Morgan fingerprint density at radius 1 is 0.967 bits per heavy atom. The highest BCUT2D eigenvalue weighted by molar-refractivity contribution is 9.10. The molecule has 0 aliphatic carbocycles. The maximum absolute atomic E-state index is 13.1. The van der Waals surface area contributed by atoms with Crippen LogP contribution in [0, 0.1) is 0 Å². The summed E-state index contributed by atoms with van der Waals surface area (Å²) < 4.78 is 2.08. The van der Waals surface area contributed by atoms with Crippen molar-refractivity contribution in [3.63, 3.8) is 0 Å². The monoisotopic (exact) mass is 477 g/mol. The van der Waals surface area contributed by atoms with Crippen molar-refractivity contribution in [2.75, 3.05) is 0 Å². The maximum Gasteiger partial charge on any atom is 0.333 e. The lowest BCUT2D eigenvalue weighted by Crippen LogP contribution is -2.39. The number of azo groups is 1. The molecule has 0 fully saturated rings. The molecule has 0 unspecified atom stereocenters. The zero-order valence-electron chi connectivity index (χ0n) is 16.8. The van der Waals surface area contributed by atoms with Gasteiger partial charge in [0.2, 0.25) is 11.6 Å². The van der Waals surface area contributed by atoms with Gasteiger partial charge in [-0.05, 0) is 40.9 Å². The summed E-state index contributed by atoms with van der Waals surface area (Å²) in [6, 6.07) is 2.79. The number of amides is 2. The zero-order valence-corrected chi connectivity index (χ0v) is 18.4. The Balaban J connectivity index is 2.16. The molecular weight excluding hydrogens is 458 g/mol. The second-order valence-corrected chi connectivity index (χ2v) is 7.70. The molecule has 158 valence electrons. The third kappa shape index (κ3) is 3.18. The predicted molar refractivity (Wildman–Crippen MR) is 112 cm³/mol. The Morgan fingerprint density at radius 3 is 2.17 bits per heavy atom. The molecule has 0 saturated heterocycles. The van der Waals surface area contributed by atoms with Crippen LogP contribution in [0.1, 0.15) is 47.4 Å². The average Bonchev–Trinajstić information content (AvgIpc) is 2.99. The Bertz CT molecular complexity index is 1210. The van der Waals surface area contributed by atoms with E-state index in [2.05, 4.69) is 26.2 Å². The third-order valence-corrected chi connectivity index (χ3v) is 5.83. The van der Waals surface area contributed by atoms with Gasteiger partial charge in [0, 0.05) is 24.6 Å². The minimum Gasteiger partial charge on any atom is -0.493 e. The summed E-state index contributed by atoms with van der Waals surface area (Å²) in [4.78, 5) is 51.4. The molecule has 10 nitrogen and oxygen atoms in total. The molecular formula is C19H20BrN5O5. The highest BCUT2D eigenvalue weighted by atomic mass is 79.9. The minimum atomic E-state index is -0.839. The van der Waals surface area contributed by atoms with E-state index in [0.29, 0.717) is 17.3 Å². The molecule has 30 heavy (non-hydrogen) atoms. The third-order valence-electron chi connectivity index (χ3n) is 5.17. The summed E-state index contributed by atoms with van der Waals surface area (Å²) in [6.07, 6.45) is 1.22. The second kappa shape index (κ2) is 7.98. The van der Waals surface area contributed by atoms with Crippen molar-refractivity contribution in [3.8, 4) is 5.88 Å². The van der Waals surface area contributed by atoms with Crippen LogP contribution in [0.5, 0.6) is 5.88 Å². The topological polar surface area (TPSA) is 126 Å². The number of imide groups is 1. The quantitative estimate of drug-likeness (QED) is 0.523. The van der Waals surface area contributed by atoms with Gasteiger partial charge in [0.05, 0.1) is 16.8 Å². The number of nitrogens with zero attached hydrogens (tertiary/aromatic N) is 5. The molecule has 1 aliphatic heterocycles. The number of benzene rings is 1. The number of aromatic nitrogens is 2. The Labute approximate surface area is 179 Å². The molecule has 2 amide bonds. The van der Waals surface area contributed by atoms with Crippen molar-refractivity contribution in [3.05, 3.63) is 48.6 Å². The molecule has 3 rings (SSSR count). The van der Waals surface area contributed by atoms with E-state index in [0.717, 1.165) is 9.13 Å². The molecule has 1 aromatic carbocycles. The lowest BCUT2D eigenvalue weighted by atomic mass is 10.1. The van der Waals surface area contributed by atoms with Gasteiger partial charge in [-0.3, -0.25) is 28.4 Å². The van der Waals surface area contributed by atoms with E-state index in [-0.39, 0.29) is 22.9 Å². The van der Waals surface area contributed by atoms with Crippen LogP contribution in [0.4, 0.5) is 11.4 Å². The Hall–Kier alpha value is -3.08. The predicted octanol–water partition coefficient (Wildman–Crippen LogP) is 2.75. The van der Waals surface area contributed by atoms with Crippen molar-refractivity contribution >= 4 is 39.1 Å². The van der Waals surface area contributed by atoms with Crippen molar-refractivity contribution in [2.24, 2.45) is 24.3 Å². The molecule has 1 aromatic heterocycles. The van der Waals surface area contributed by atoms with Crippen LogP contribution in [-0.2, 0) is 14.1 Å². The molecule has 1 N–H and O–H groups in total. The lowest BCUT2D eigenvalue weighted by molar-refractivity contribution is 0.0576. The molecule has 0 radical (unpaired) electrons. The fraction of sp³-hybridized carbons (Fsp3) is 0.368. The molecule has 1 aliphatic rings. The van der Waals surface area contributed by atoms with Gasteiger partial charge in [0.1, 0.15) is 0 Å². The first-order chi connectivity index (χ1) is 14.1. The number of hydrogen-bond donors (Lipinski definition) is 1. The number of carbonyl (C=O) groups excluding carboxylic acids is 2. The van der Waals surface area contributed by atoms with E-state index in [1.165, 1.54) is 25.1 Å². The molecule has 0 saturated carbocycles. The lowest BCUT2D eigenvalue weighted by Gasteiger charge is -2.23. The van der Waals surface area contributed by atoms with Gasteiger partial charge in [-0.1, -0.05) is 13.8 Å². The second-order valence-electron chi connectivity index (χ2n) is 6.85. The van der Waals surface area contributed by atoms with E-state index in [1.54, 1.807) is 6.07 Å². The summed E-state index contributed by atoms with van der Waals surface area (Å²) in [5.74, 6) is -1.56. The van der Waals surface area contributed by atoms with Crippen molar-refractivity contribution in [1.82, 2.24) is 14.0 Å². The standard InChI is InChI=1S/C19H20BrN5O5/c1-5-9(6-2)25-15(26)12-10(20)7-8-11(13(12)16(25)27)21-22-14-17(28)23(3)19(30)24(4)18(14)29/h7-9,28H,5-6H2,1-4H3. The molecule has 2 aromatic rings. The fourth-order valence-electron chi connectivity index (χ4n) is 3.40. The van der Waals surface area contributed by atoms with Crippen molar-refractivity contribution in [2.45, 2.75) is 32.7 Å². The van der Waals surface area contributed by atoms with Crippen molar-refractivity contribution in [1.29, 1.82) is 0 Å². The van der Waals surface area contributed by atoms with Crippen LogP contribution in [-0.4, -0.2) is 37.0 Å². The van der Waals surface area contributed by atoms with Crippen LogP contribution in [0.3, 0.4) is 0 Å². The fourth-order valence-corrected chi connectivity index (χ4v) is 3.90. The SMILES string of the molecule is CCC(CC)N1C(=O)c2c(Br)ccc(N=Nc3c(O)n(C)c(=O)n(C)c3=O)c2C1=O. The Morgan fingerprint density at radius 2 is 1.57 bits per heavy atom. The number of aromatic hydroxyl groups is 1. The molecule has 0 atom stereocenters. The summed E-state index contributed by atoms with van der Waals surface area (Å²) in [7, 11) is 2.53. The van der Waals surface area contributed by atoms with E-state index in [1.807, 2.05) is 13.8 Å². The summed E-state index contributed by atoms with van der Waals surface area (Å²) in [6.45, 7) is 3.79. The van der Waals surface area contributed by atoms with E-state index < -0.39 is 34.6 Å². The van der Waals surface area contributed by atoms with Gasteiger partial charge in [0.25, 0.3) is 17.4 Å². The molecule has 0 spiro atoms. The van der Waals surface area contributed by atoms with Crippen LogP contribution in [0.25, 0.3) is 0 Å². The maximum atomic E-state index is 13.1. The number of rotatable bonds is 5. The smallest absolute Gasteiger partial charge is 0.333 e. The number of halogens is 1.